The van der Waals surface area contributed by atoms with Crippen molar-refractivity contribution in [2.45, 2.75) is 38.5 Å². The molecule has 208 valence electrons. The fraction of sp³-hybridized carbons (Fsp3) is 0.154. The molecule has 0 bridgehead atoms. The van der Waals surface area contributed by atoms with Crippen LogP contribution in [0.1, 0.15) is 38.8 Å². The Kier molecular flexibility index (Phi) is 5.48. The highest BCUT2D eigenvalue weighted by molar-refractivity contribution is 6.07. The molecule has 2 aromatic heterocycles. The van der Waals surface area contributed by atoms with Gasteiger partial charge < -0.3 is 4.42 Å². The Balaban J connectivity index is 1.35. The summed E-state index contributed by atoms with van der Waals surface area (Å²) in [7, 11) is 0. The summed E-state index contributed by atoms with van der Waals surface area (Å²) < 4.78 is 6.32. The minimum absolute atomic E-state index is 0.162. The number of furan rings is 1. The molecule has 0 atom stereocenters. The number of hydrogen-bond acceptors (Lipinski definition) is 4. The topological polar surface area (TPSA) is 51.8 Å². The molecule has 4 heteroatoms. The molecule has 0 unspecified atom stereocenters. The predicted octanol–water partition coefficient (Wildman–Crippen LogP) is 10.0. The van der Waals surface area contributed by atoms with Crippen LogP contribution in [0.15, 0.2) is 120 Å². The van der Waals surface area contributed by atoms with Crippen LogP contribution >= 0.6 is 0 Å². The van der Waals surface area contributed by atoms with Crippen molar-refractivity contribution in [2.24, 2.45) is 0 Å². The van der Waals surface area contributed by atoms with Crippen LogP contribution in [-0.4, -0.2) is 15.0 Å². The van der Waals surface area contributed by atoms with Crippen LogP contribution in [0.3, 0.4) is 0 Å². The first kappa shape index (κ1) is 25.6. The first-order valence-corrected chi connectivity index (χ1v) is 14.8. The highest BCUT2D eigenvalue weighted by atomic mass is 16.3. The predicted molar refractivity (Wildman–Crippen MR) is 175 cm³/mol. The first-order valence-electron chi connectivity index (χ1n) is 14.8. The van der Waals surface area contributed by atoms with Gasteiger partial charge in [-0.05, 0) is 57.3 Å². The van der Waals surface area contributed by atoms with Gasteiger partial charge in [0.2, 0.25) is 0 Å². The second-order valence-corrected chi connectivity index (χ2v) is 12.5. The third-order valence-corrected chi connectivity index (χ3v) is 9.69. The molecule has 7 aromatic rings. The molecule has 0 amide bonds. The molecule has 0 spiro atoms. The van der Waals surface area contributed by atoms with Crippen molar-refractivity contribution in [3.05, 3.63) is 126 Å². The summed E-state index contributed by atoms with van der Waals surface area (Å²) in [5.41, 5.74) is 9.54. The summed E-state index contributed by atoms with van der Waals surface area (Å²) in [5.74, 6) is 2.01. The van der Waals surface area contributed by atoms with E-state index in [1.807, 2.05) is 72.8 Å². The van der Waals surface area contributed by atoms with Gasteiger partial charge in [-0.3, -0.25) is 0 Å². The van der Waals surface area contributed by atoms with E-state index in [0.29, 0.717) is 17.5 Å². The highest BCUT2D eigenvalue weighted by Crippen LogP contribution is 2.55. The Morgan fingerprint density at radius 2 is 0.977 bits per heavy atom. The van der Waals surface area contributed by atoms with E-state index in [2.05, 4.69) is 70.2 Å². The van der Waals surface area contributed by atoms with Crippen LogP contribution in [0.25, 0.3) is 67.2 Å². The quantitative estimate of drug-likeness (QED) is 0.217. The maximum absolute atomic E-state index is 6.32. The maximum atomic E-state index is 6.32. The number of benzene rings is 5. The second kappa shape index (κ2) is 9.20. The van der Waals surface area contributed by atoms with Crippen molar-refractivity contribution in [2.75, 3.05) is 0 Å². The number of hydrogen-bond donors (Lipinski definition) is 0. The SMILES string of the molecule is CC1(C)c2cc(-c3nc(-c4ccccc4)nc(-c4ccccc4)n3)ccc2-c2cc3c(cc2C1(C)C)oc1ccccc13. The smallest absolute Gasteiger partial charge is 0.164 e. The zero-order valence-electron chi connectivity index (χ0n) is 24.7. The number of rotatable bonds is 3. The van der Waals surface area contributed by atoms with E-state index in [1.54, 1.807) is 0 Å². The van der Waals surface area contributed by atoms with E-state index in [1.165, 1.54) is 22.3 Å². The molecule has 4 nitrogen and oxygen atoms in total. The van der Waals surface area contributed by atoms with Gasteiger partial charge in [0.15, 0.2) is 17.5 Å². The van der Waals surface area contributed by atoms with Crippen LogP contribution in [0.4, 0.5) is 0 Å². The Labute approximate surface area is 251 Å². The van der Waals surface area contributed by atoms with E-state index in [4.69, 9.17) is 19.4 Å². The van der Waals surface area contributed by atoms with E-state index in [0.717, 1.165) is 38.6 Å². The number of fused-ring (bicyclic) bond motifs is 6. The van der Waals surface area contributed by atoms with E-state index < -0.39 is 0 Å². The summed E-state index contributed by atoms with van der Waals surface area (Å²) in [6.07, 6.45) is 0. The monoisotopic (exact) mass is 557 g/mol. The third kappa shape index (κ3) is 3.86. The molecule has 0 saturated heterocycles. The molecule has 0 radical (unpaired) electrons. The molecule has 2 heterocycles. The van der Waals surface area contributed by atoms with Gasteiger partial charge in [-0.2, -0.15) is 0 Å². The molecule has 0 aliphatic heterocycles. The Morgan fingerprint density at radius 3 is 1.60 bits per heavy atom. The summed E-state index contributed by atoms with van der Waals surface area (Å²) in [5, 5.41) is 2.30. The van der Waals surface area contributed by atoms with Crippen molar-refractivity contribution in [1.29, 1.82) is 0 Å². The molecule has 43 heavy (non-hydrogen) atoms. The third-order valence-electron chi connectivity index (χ3n) is 9.69. The largest absolute Gasteiger partial charge is 0.456 e. The molecular weight excluding hydrogens is 526 g/mol. The molecule has 0 fully saturated rings. The van der Waals surface area contributed by atoms with Gasteiger partial charge in [0.1, 0.15) is 11.2 Å². The lowest BCUT2D eigenvalue weighted by molar-refractivity contribution is 0.299. The van der Waals surface area contributed by atoms with Gasteiger partial charge in [-0.25, -0.2) is 15.0 Å². The van der Waals surface area contributed by atoms with E-state index >= 15 is 0 Å². The average molecular weight is 558 g/mol. The van der Waals surface area contributed by atoms with Crippen molar-refractivity contribution in [1.82, 2.24) is 15.0 Å². The zero-order chi connectivity index (χ0) is 29.3. The van der Waals surface area contributed by atoms with Gasteiger partial charge >= 0.3 is 0 Å². The fourth-order valence-corrected chi connectivity index (χ4v) is 6.56. The Bertz CT molecular complexity index is 2120. The van der Waals surface area contributed by atoms with Gasteiger partial charge in [-0.1, -0.05) is 119 Å². The zero-order valence-corrected chi connectivity index (χ0v) is 24.7. The molecule has 8 rings (SSSR count). The minimum atomic E-state index is -0.178. The van der Waals surface area contributed by atoms with Crippen molar-refractivity contribution < 1.29 is 4.42 Å². The lowest BCUT2D eigenvalue weighted by Crippen LogP contribution is -2.43. The fourth-order valence-electron chi connectivity index (χ4n) is 6.56. The lowest BCUT2D eigenvalue weighted by atomic mass is 9.55. The van der Waals surface area contributed by atoms with Crippen LogP contribution < -0.4 is 0 Å². The summed E-state index contributed by atoms with van der Waals surface area (Å²) >= 11 is 0. The first-order chi connectivity index (χ1) is 20.8. The maximum Gasteiger partial charge on any atom is 0.164 e. The van der Waals surface area contributed by atoms with Gasteiger partial charge in [0.05, 0.1) is 0 Å². The highest BCUT2D eigenvalue weighted by Gasteiger charge is 2.46. The van der Waals surface area contributed by atoms with Crippen molar-refractivity contribution in [3.8, 4) is 45.3 Å². The Hall–Kier alpha value is -5.09. The van der Waals surface area contributed by atoms with Crippen molar-refractivity contribution in [3.63, 3.8) is 0 Å². The van der Waals surface area contributed by atoms with Crippen LogP contribution in [0, 0.1) is 0 Å². The van der Waals surface area contributed by atoms with Crippen LogP contribution in [0.5, 0.6) is 0 Å². The molecule has 0 N–H and O–H groups in total. The number of nitrogens with zero attached hydrogens (tertiary/aromatic N) is 3. The van der Waals surface area contributed by atoms with Crippen LogP contribution in [0.2, 0.25) is 0 Å². The van der Waals surface area contributed by atoms with E-state index in [9.17, 15) is 0 Å². The van der Waals surface area contributed by atoms with Gasteiger partial charge in [-0.15, -0.1) is 0 Å². The normalized spacial score (nSPS) is 14.9. The second-order valence-electron chi connectivity index (χ2n) is 12.5. The van der Waals surface area contributed by atoms with Gasteiger partial charge in [0, 0.05) is 27.5 Å². The molecule has 1 aliphatic carbocycles. The van der Waals surface area contributed by atoms with Gasteiger partial charge in [0.25, 0.3) is 0 Å². The summed E-state index contributed by atoms with van der Waals surface area (Å²) in [6.45, 7) is 9.39. The molecule has 5 aromatic carbocycles. The minimum Gasteiger partial charge on any atom is -0.456 e. The van der Waals surface area contributed by atoms with Crippen LogP contribution in [-0.2, 0) is 10.8 Å². The number of aromatic nitrogens is 3. The van der Waals surface area contributed by atoms with E-state index in [-0.39, 0.29) is 10.8 Å². The molecular formula is C39H31N3O. The summed E-state index contributed by atoms with van der Waals surface area (Å²) in [4.78, 5) is 14.9. The molecule has 1 aliphatic rings. The Morgan fingerprint density at radius 1 is 0.442 bits per heavy atom. The summed E-state index contributed by atoms with van der Waals surface area (Å²) in [6, 6.07) is 39.9. The number of para-hydroxylation sites is 1. The standard InChI is InChI=1S/C39H31N3O/c1-38(2)31-21-26(37-41-35(24-13-7-5-8-14-24)40-36(42-37)25-15-9-6-10-16-25)19-20-27(31)29-22-30-28-17-11-12-18-33(28)43-34(30)23-32(29)39(38,3)4/h5-23H,1-4H3. The average Bonchev–Trinajstić information content (AvgIpc) is 3.41. The molecule has 0 saturated carbocycles. The lowest BCUT2D eigenvalue weighted by Gasteiger charge is -2.48. The van der Waals surface area contributed by atoms with Crippen molar-refractivity contribution >= 4 is 21.9 Å².